The molecular formula is C25H26N2O4. The monoisotopic (exact) mass is 418 g/mol. The number of fused-ring (bicyclic) bond motifs is 4. The summed E-state index contributed by atoms with van der Waals surface area (Å²) in [6.45, 7) is 4.70. The lowest BCUT2D eigenvalue weighted by Crippen LogP contribution is -2.30. The number of rotatable bonds is 7. The van der Waals surface area contributed by atoms with Crippen molar-refractivity contribution < 1.29 is 19.4 Å². The number of nitriles is 1. The number of carboxylic acid groups (broad SMARTS) is 1. The Labute approximate surface area is 181 Å². The summed E-state index contributed by atoms with van der Waals surface area (Å²) in [6, 6.07) is 7.92. The highest BCUT2D eigenvalue weighted by Crippen LogP contribution is 2.45. The van der Waals surface area contributed by atoms with Crippen LogP contribution in [0.1, 0.15) is 84.4 Å². The van der Waals surface area contributed by atoms with Gasteiger partial charge in [0, 0.05) is 39.9 Å². The number of nitrogens with zero attached hydrogens (tertiary/aromatic N) is 1. The summed E-state index contributed by atoms with van der Waals surface area (Å²) in [6.07, 6.45) is 5.58. The molecule has 2 N–H and O–H groups in total. The van der Waals surface area contributed by atoms with E-state index < -0.39 is 5.97 Å². The van der Waals surface area contributed by atoms with Crippen molar-refractivity contribution in [3.8, 4) is 11.8 Å². The summed E-state index contributed by atoms with van der Waals surface area (Å²) in [4.78, 5) is 27.5. The van der Waals surface area contributed by atoms with E-state index in [9.17, 15) is 14.9 Å². The number of ether oxygens (including phenoxy) is 1. The van der Waals surface area contributed by atoms with Gasteiger partial charge in [0.1, 0.15) is 5.75 Å². The number of hydrogen-bond acceptors (Lipinski definition) is 4. The Kier molecular flexibility index (Phi) is 5.45. The van der Waals surface area contributed by atoms with Crippen molar-refractivity contribution in [3.05, 3.63) is 57.4 Å². The van der Waals surface area contributed by atoms with Gasteiger partial charge in [0.25, 0.3) is 0 Å². The first-order valence-corrected chi connectivity index (χ1v) is 10.7. The van der Waals surface area contributed by atoms with Crippen LogP contribution in [0.4, 0.5) is 0 Å². The second kappa shape index (κ2) is 8.07. The minimum absolute atomic E-state index is 0.00235. The van der Waals surface area contributed by atoms with Crippen molar-refractivity contribution in [2.24, 2.45) is 0 Å². The molecule has 0 unspecified atom stereocenters. The van der Waals surface area contributed by atoms with E-state index in [2.05, 4.69) is 24.9 Å². The third kappa shape index (κ3) is 3.76. The van der Waals surface area contributed by atoms with Gasteiger partial charge >= 0.3 is 5.97 Å². The molecule has 1 aromatic carbocycles. The average molecular weight is 418 g/mol. The number of aliphatic carboxylic acids is 1. The third-order valence-corrected chi connectivity index (χ3v) is 6.31. The van der Waals surface area contributed by atoms with Gasteiger partial charge in [-0.1, -0.05) is 19.9 Å². The molecule has 0 saturated heterocycles. The van der Waals surface area contributed by atoms with Crippen molar-refractivity contribution >= 4 is 17.8 Å². The second-order valence-electron chi connectivity index (χ2n) is 8.76. The summed E-state index contributed by atoms with van der Waals surface area (Å²) in [5, 5.41) is 17.9. The first-order valence-electron chi connectivity index (χ1n) is 10.7. The molecule has 0 amide bonds. The van der Waals surface area contributed by atoms with E-state index in [1.807, 2.05) is 24.3 Å². The van der Waals surface area contributed by atoms with Gasteiger partial charge in [-0.25, -0.2) is 0 Å². The van der Waals surface area contributed by atoms with E-state index in [0.717, 1.165) is 46.5 Å². The van der Waals surface area contributed by atoms with E-state index in [1.54, 1.807) is 0 Å². The Balaban J connectivity index is 1.58. The highest BCUT2D eigenvalue weighted by molar-refractivity contribution is 6.14. The van der Waals surface area contributed by atoms with Gasteiger partial charge in [0.15, 0.2) is 5.78 Å². The molecule has 0 aliphatic heterocycles. The average Bonchev–Trinajstić information content (AvgIpc) is 3.14. The van der Waals surface area contributed by atoms with E-state index >= 15 is 0 Å². The third-order valence-electron chi connectivity index (χ3n) is 6.31. The summed E-state index contributed by atoms with van der Waals surface area (Å²) in [7, 11) is 0. The largest absolute Gasteiger partial charge is 0.494 e. The molecule has 6 heteroatoms. The van der Waals surface area contributed by atoms with E-state index in [0.29, 0.717) is 37.2 Å². The minimum Gasteiger partial charge on any atom is -0.494 e. The van der Waals surface area contributed by atoms with Crippen LogP contribution in [0.25, 0.3) is 6.08 Å². The van der Waals surface area contributed by atoms with Crippen LogP contribution in [0.2, 0.25) is 0 Å². The fourth-order valence-corrected chi connectivity index (χ4v) is 4.62. The first-order chi connectivity index (χ1) is 14.8. The number of H-pyrrole nitrogens is 1. The number of benzene rings is 1. The number of allylic oxidation sites excluding steroid dienone is 1. The van der Waals surface area contributed by atoms with Crippen LogP contribution >= 0.6 is 0 Å². The van der Waals surface area contributed by atoms with Gasteiger partial charge in [-0.15, -0.1) is 0 Å². The molecular weight excluding hydrogens is 392 g/mol. The molecule has 0 atom stereocenters. The fourth-order valence-electron chi connectivity index (χ4n) is 4.62. The van der Waals surface area contributed by atoms with Crippen LogP contribution < -0.4 is 4.74 Å². The van der Waals surface area contributed by atoms with Crippen molar-refractivity contribution in [3.63, 3.8) is 0 Å². The van der Waals surface area contributed by atoms with Crippen LogP contribution in [0, 0.1) is 11.3 Å². The zero-order valence-corrected chi connectivity index (χ0v) is 17.9. The number of hydrogen-bond donors (Lipinski definition) is 2. The van der Waals surface area contributed by atoms with Gasteiger partial charge in [-0.3, -0.25) is 9.59 Å². The number of nitrogens with one attached hydrogen (secondary N) is 1. The zero-order valence-electron chi connectivity index (χ0n) is 17.9. The van der Waals surface area contributed by atoms with Crippen LogP contribution in [0.5, 0.6) is 5.75 Å². The number of carbonyl (C=O) groups is 2. The number of carboxylic acids is 1. The Morgan fingerprint density at radius 2 is 2.06 bits per heavy atom. The highest BCUT2D eigenvalue weighted by atomic mass is 16.5. The molecule has 1 aromatic heterocycles. The molecule has 2 aromatic rings. The topological polar surface area (TPSA) is 103 Å². The second-order valence-corrected chi connectivity index (χ2v) is 8.76. The number of aromatic nitrogens is 1. The molecule has 2 aliphatic rings. The van der Waals surface area contributed by atoms with Gasteiger partial charge in [-0.2, -0.15) is 5.26 Å². The maximum atomic E-state index is 13.5. The number of carbonyl (C=O) groups excluding carboxylic acids is 1. The van der Waals surface area contributed by atoms with Gasteiger partial charge in [0.05, 0.1) is 12.7 Å². The summed E-state index contributed by atoms with van der Waals surface area (Å²) in [5.41, 5.74) is 5.52. The van der Waals surface area contributed by atoms with Gasteiger partial charge in [0.2, 0.25) is 0 Å². The molecule has 160 valence electrons. The van der Waals surface area contributed by atoms with Crippen molar-refractivity contribution in [1.82, 2.24) is 4.98 Å². The summed E-state index contributed by atoms with van der Waals surface area (Å²) >= 11 is 0. The Morgan fingerprint density at radius 3 is 2.81 bits per heavy atom. The molecule has 4 rings (SSSR count). The molecule has 0 radical (unpaired) electrons. The number of unbranched alkanes of at least 4 members (excludes halogenated alkanes) is 2. The summed E-state index contributed by atoms with van der Waals surface area (Å²) in [5.74, 6) is -0.120. The Bertz CT molecular complexity index is 1130. The first kappa shape index (κ1) is 20.9. The predicted octanol–water partition coefficient (Wildman–Crippen LogP) is 4.76. The molecule has 0 fully saturated rings. The molecule has 6 nitrogen and oxygen atoms in total. The lowest BCUT2D eigenvalue weighted by molar-refractivity contribution is -0.137. The fraction of sp³-hybridized carbons (Fsp3) is 0.400. The molecule has 2 aliphatic carbocycles. The molecule has 31 heavy (non-hydrogen) atoms. The smallest absolute Gasteiger partial charge is 0.303 e. The quantitative estimate of drug-likeness (QED) is 0.631. The van der Waals surface area contributed by atoms with Crippen molar-refractivity contribution in [1.29, 1.82) is 5.26 Å². The van der Waals surface area contributed by atoms with Crippen LogP contribution in [-0.4, -0.2) is 28.4 Å². The van der Waals surface area contributed by atoms with E-state index in [-0.39, 0.29) is 17.6 Å². The molecule has 0 saturated carbocycles. The SMILES string of the molecule is CC1(C)c2ccc(OCCCCCC(=O)O)cc2C(=O)c2c1[nH]c1c2CCC(C#N)=C1. The van der Waals surface area contributed by atoms with Crippen molar-refractivity contribution in [2.45, 2.75) is 57.8 Å². The zero-order chi connectivity index (χ0) is 22.2. The Morgan fingerprint density at radius 1 is 1.26 bits per heavy atom. The van der Waals surface area contributed by atoms with E-state index in [4.69, 9.17) is 9.84 Å². The minimum atomic E-state index is -0.776. The maximum Gasteiger partial charge on any atom is 0.303 e. The molecule has 1 heterocycles. The number of ketones is 1. The van der Waals surface area contributed by atoms with Crippen LogP contribution in [0.3, 0.4) is 0 Å². The maximum absolute atomic E-state index is 13.5. The number of aromatic amines is 1. The molecule has 0 bridgehead atoms. The lowest BCUT2D eigenvalue weighted by Gasteiger charge is -2.32. The molecule has 0 spiro atoms. The highest BCUT2D eigenvalue weighted by Gasteiger charge is 2.41. The van der Waals surface area contributed by atoms with Crippen LogP contribution in [0.15, 0.2) is 23.8 Å². The standard InChI is InChI=1S/C25H26N2O4/c1-25(2)19-10-8-16(31-11-5-3-4-6-21(28)29)13-18(19)23(30)22-17-9-7-15(14-26)12-20(17)27-24(22)25/h8,10,12-13,27H,3-7,9,11H2,1-2H3,(H,28,29). The van der Waals surface area contributed by atoms with Crippen molar-refractivity contribution in [2.75, 3.05) is 6.61 Å². The van der Waals surface area contributed by atoms with Gasteiger partial charge < -0.3 is 14.8 Å². The van der Waals surface area contributed by atoms with E-state index in [1.165, 1.54) is 0 Å². The van der Waals surface area contributed by atoms with Crippen LogP contribution in [-0.2, 0) is 16.6 Å². The summed E-state index contributed by atoms with van der Waals surface area (Å²) < 4.78 is 5.85. The normalized spacial score (nSPS) is 15.9. The lowest BCUT2D eigenvalue weighted by atomic mass is 9.70. The Hall–Kier alpha value is -3.33. The predicted molar refractivity (Wildman–Crippen MR) is 116 cm³/mol. The van der Waals surface area contributed by atoms with Gasteiger partial charge in [-0.05, 0) is 61.4 Å².